The normalized spacial score (nSPS) is 11.8. The van der Waals surface area contributed by atoms with E-state index in [9.17, 15) is 0 Å². The molecule has 0 aliphatic carbocycles. The van der Waals surface area contributed by atoms with Crippen LogP contribution < -0.4 is 0 Å². The Kier molecular flexibility index (Phi) is 14.5. The number of para-hydroxylation sites is 3. The largest absolute Gasteiger partial charge is 0.308 e. The van der Waals surface area contributed by atoms with Gasteiger partial charge in [-0.1, -0.05) is 303 Å². The summed E-state index contributed by atoms with van der Waals surface area (Å²) in [6, 6.07) is 126. The highest BCUT2D eigenvalue weighted by atomic mass is 32.1. The van der Waals surface area contributed by atoms with Crippen LogP contribution in [0.25, 0.3) is 208 Å². The summed E-state index contributed by atoms with van der Waals surface area (Å²) in [6.45, 7) is 0. The SMILES string of the molecule is c1ccc(-c2ccc(-c3nc(-c4ccccc4)nc(-c4ccccc4-n4c5ccccc5c5ccc(-c6cccc7c6sc6cccc(-c8ccc(-c9ccc(-c%10nc(-c%11ccccc%11)nc(-n%11c%12ccccc%12c%12ccc(-c%13cccc%14c%13sc%13ccccc%13%14)cc%12%11)n%10)cc9)cc8)c67)cc54)n3)cc2)cc1. The Hall–Kier alpha value is -13.6. The Bertz CT molecular complexity index is 7040. The first-order valence-corrected chi connectivity index (χ1v) is 37.2. The minimum absolute atomic E-state index is 0.559. The zero-order valence-electron chi connectivity index (χ0n) is 56.9. The van der Waals surface area contributed by atoms with Crippen LogP contribution in [0.3, 0.4) is 0 Å². The number of thiophene rings is 2. The van der Waals surface area contributed by atoms with Crippen LogP contribution in [-0.4, -0.2) is 39.0 Å². The van der Waals surface area contributed by atoms with Gasteiger partial charge in [-0.05, 0) is 104 Å². The average Bonchev–Trinajstić information content (AvgIpc) is 1.58. The predicted octanol–water partition coefficient (Wildman–Crippen LogP) is 25.7. The molecule has 0 N–H and O–H groups in total. The second-order valence-electron chi connectivity index (χ2n) is 26.8. The summed E-state index contributed by atoms with van der Waals surface area (Å²) >= 11 is 3.71. The maximum atomic E-state index is 5.38. The molecule has 0 amide bonds. The molecule has 0 saturated carbocycles. The van der Waals surface area contributed by atoms with Gasteiger partial charge in [0.05, 0.1) is 27.8 Å². The van der Waals surface area contributed by atoms with Gasteiger partial charge in [0.15, 0.2) is 29.1 Å². The molecule has 0 unspecified atom stereocenters. The van der Waals surface area contributed by atoms with Crippen molar-refractivity contribution in [1.29, 1.82) is 0 Å². The van der Waals surface area contributed by atoms with Crippen molar-refractivity contribution >= 4 is 107 Å². The van der Waals surface area contributed by atoms with E-state index in [0.29, 0.717) is 35.1 Å². The molecule has 0 fully saturated rings. The van der Waals surface area contributed by atoms with Gasteiger partial charge in [-0.3, -0.25) is 4.57 Å². The van der Waals surface area contributed by atoms with Crippen molar-refractivity contribution in [3.05, 3.63) is 352 Å². The summed E-state index contributed by atoms with van der Waals surface area (Å²) in [4.78, 5) is 31.6. The molecule has 15 aromatic carbocycles. The van der Waals surface area contributed by atoms with Crippen LogP contribution in [0.5, 0.6) is 0 Å². The molecule has 0 saturated heterocycles. The highest BCUT2D eigenvalue weighted by Crippen LogP contribution is 2.47. The van der Waals surface area contributed by atoms with Crippen molar-refractivity contribution in [3.63, 3.8) is 0 Å². The van der Waals surface area contributed by atoms with Gasteiger partial charge in [0.1, 0.15) is 0 Å². The fraction of sp³-hybridized carbons (Fsp3) is 0. The Morgan fingerprint density at radius 3 is 1.15 bits per heavy atom. The summed E-state index contributed by atoms with van der Waals surface area (Å²) < 4.78 is 9.66. The van der Waals surface area contributed by atoms with Gasteiger partial charge >= 0.3 is 0 Å². The third-order valence-electron chi connectivity index (χ3n) is 20.7. The molecule has 6 aromatic heterocycles. The third kappa shape index (κ3) is 10.3. The molecular weight excluding hydrogens is 1330 g/mol. The zero-order chi connectivity index (χ0) is 69.8. The van der Waals surface area contributed by atoms with Gasteiger partial charge in [-0.2, -0.15) is 9.97 Å². The molecule has 494 valence electrons. The van der Waals surface area contributed by atoms with Gasteiger partial charge in [0.25, 0.3) is 0 Å². The fourth-order valence-electron chi connectivity index (χ4n) is 15.6. The minimum Gasteiger partial charge on any atom is -0.308 e. The number of hydrogen-bond donors (Lipinski definition) is 0. The molecule has 10 heteroatoms. The van der Waals surface area contributed by atoms with E-state index in [1.54, 1.807) is 0 Å². The van der Waals surface area contributed by atoms with Crippen molar-refractivity contribution in [2.24, 2.45) is 0 Å². The monoisotopic (exact) mass is 1390 g/mol. The lowest BCUT2D eigenvalue weighted by molar-refractivity contribution is 0.953. The van der Waals surface area contributed by atoms with E-state index < -0.39 is 0 Å². The molecule has 8 nitrogen and oxygen atoms in total. The molecule has 0 radical (unpaired) electrons. The second kappa shape index (κ2) is 25.1. The molecule has 106 heavy (non-hydrogen) atoms. The molecule has 21 aromatic rings. The number of aromatic nitrogens is 8. The van der Waals surface area contributed by atoms with Crippen LogP contribution in [0.2, 0.25) is 0 Å². The summed E-state index contributed by atoms with van der Waals surface area (Å²) in [5, 5.41) is 9.64. The fourth-order valence-corrected chi connectivity index (χ4v) is 18.2. The smallest absolute Gasteiger partial charge is 0.238 e. The summed E-state index contributed by atoms with van der Waals surface area (Å²) in [5.41, 5.74) is 21.3. The number of fused-ring (bicyclic) bond motifs is 12. The van der Waals surface area contributed by atoms with Gasteiger partial charge in [0, 0.05) is 89.7 Å². The molecular formula is C96H58N8S2. The molecule has 21 rings (SSSR count). The van der Waals surface area contributed by atoms with Crippen LogP contribution >= 0.6 is 22.7 Å². The lowest BCUT2D eigenvalue weighted by Crippen LogP contribution is -2.06. The quantitative estimate of drug-likeness (QED) is 0.121. The maximum absolute atomic E-state index is 5.38. The number of benzene rings is 15. The third-order valence-corrected chi connectivity index (χ3v) is 23.2. The molecule has 0 atom stereocenters. The van der Waals surface area contributed by atoms with Crippen LogP contribution in [0.1, 0.15) is 0 Å². The first-order valence-electron chi connectivity index (χ1n) is 35.6. The Morgan fingerprint density at radius 1 is 0.198 bits per heavy atom. The van der Waals surface area contributed by atoms with E-state index in [4.69, 9.17) is 29.9 Å². The minimum atomic E-state index is 0.559. The van der Waals surface area contributed by atoms with Crippen LogP contribution in [0, 0.1) is 0 Å². The van der Waals surface area contributed by atoms with Crippen molar-refractivity contribution in [2.75, 3.05) is 0 Å². The van der Waals surface area contributed by atoms with Crippen LogP contribution in [0.4, 0.5) is 0 Å². The molecule has 0 aliphatic rings. The molecule has 0 aliphatic heterocycles. The molecule has 6 heterocycles. The first kappa shape index (κ1) is 61.1. The topological polar surface area (TPSA) is 87.2 Å². The summed E-state index contributed by atoms with van der Waals surface area (Å²) in [7, 11) is 0. The lowest BCUT2D eigenvalue weighted by atomic mass is 9.95. The maximum Gasteiger partial charge on any atom is 0.238 e. The number of hydrogen-bond acceptors (Lipinski definition) is 8. The van der Waals surface area contributed by atoms with Gasteiger partial charge in [-0.15, -0.1) is 22.7 Å². The summed E-state index contributed by atoms with van der Waals surface area (Å²) in [6.07, 6.45) is 0. The standard InChI is InChI=1S/C96H58N8S2/c1-4-21-59(22-5-1)60-43-49-66(50-44-60)92-97-91(64-23-6-2-7-24-64)99-95(100-92)79-30-12-16-38-83(79)103-81-36-14-10-27-73(81)75-55-53-68(57-84(75)103)72-33-19-35-80-88-70(31-20-40-87(88)106-90(72)80)63-47-41-61(42-48-63)62-45-51-67(52-46-62)94-98-93(65-25-8-3-9-26-65)101-96(102-94)104-82-37-15-11-28-74(82)76-56-54-69(58-85(76)104)71-32-18-34-78-77-29-13-17-39-86(77)105-89(71)78/h1-58H. The van der Waals surface area contributed by atoms with E-state index in [2.05, 4.69) is 319 Å². The Morgan fingerprint density at radius 2 is 0.557 bits per heavy atom. The highest BCUT2D eigenvalue weighted by Gasteiger charge is 2.24. The Balaban J connectivity index is 0.617. The van der Waals surface area contributed by atoms with E-state index >= 15 is 0 Å². The van der Waals surface area contributed by atoms with Gasteiger partial charge in [0.2, 0.25) is 5.95 Å². The Labute approximate surface area is 617 Å². The predicted molar refractivity (Wildman–Crippen MR) is 442 cm³/mol. The van der Waals surface area contributed by atoms with Gasteiger partial charge in [-0.25, -0.2) is 19.9 Å². The van der Waals surface area contributed by atoms with Crippen LogP contribution in [-0.2, 0) is 0 Å². The lowest BCUT2D eigenvalue weighted by Gasteiger charge is -2.15. The second-order valence-corrected chi connectivity index (χ2v) is 29.0. The van der Waals surface area contributed by atoms with Crippen molar-refractivity contribution in [1.82, 2.24) is 39.0 Å². The first-order chi connectivity index (χ1) is 52.5. The van der Waals surface area contributed by atoms with Crippen molar-refractivity contribution in [2.45, 2.75) is 0 Å². The average molecular weight is 1390 g/mol. The van der Waals surface area contributed by atoms with Crippen molar-refractivity contribution in [3.8, 4) is 124 Å². The van der Waals surface area contributed by atoms with Crippen LogP contribution in [0.15, 0.2) is 352 Å². The number of nitrogens with zero attached hydrogens (tertiary/aromatic N) is 8. The van der Waals surface area contributed by atoms with E-state index in [-0.39, 0.29) is 0 Å². The highest BCUT2D eigenvalue weighted by molar-refractivity contribution is 7.26. The molecule has 0 spiro atoms. The van der Waals surface area contributed by atoms with E-state index in [1.807, 2.05) is 65.1 Å². The van der Waals surface area contributed by atoms with Crippen molar-refractivity contribution < 1.29 is 0 Å². The summed E-state index contributed by atoms with van der Waals surface area (Å²) in [5.74, 6) is 3.58. The number of rotatable bonds is 12. The zero-order valence-corrected chi connectivity index (χ0v) is 58.5. The van der Waals surface area contributed by atoms with E-state index in [1.165, 1.54) is 62.4 Å². The van der Waals surface area contributed by atoms with E-state index in [0.717, 1.165) is 111 Å². The molecule has 0 bridgehead atoms. The van der Waals surface area contributed by atoms with Gasteiger partial charge < -0.3 is 4.57 Å².